The van der Waals surface area contributed by atoms with Gasteiger partial charge in [0.1, 0.15) is 17.1 Å². The molecule has 2 aliphatic heterocycles. The van der Waals surface area contributed by atoms with E-state index in [0.29, 0.717) is 11.5 Å². The second kappa shape index (κ2) is 8.46. The molecule has 34 heavy (non-hydrogen) atoms. The van der Waals surface area contributed by atoms with Crippen LogP contribution in [-0.4, -0.2) is 50.5 Å². The predicted molar refractivity (Wildman–Crippen MR) is 133 cm³/mol. The van der Waals surface area contributed by atoms with Crippen molar-refractivity contribution in [3.8, 4) is 5.75 Å². The third-order valence-corrected chi connectivity index (χ3v) is 7.57. The van der Waals surface area contributed by atoms with Crippen molar-refractivity contribution in [2.24, 2.45) is 0 Å². The first-order valence-corrected chi connectivity index (χ1v) is 12.4. The fourth-order valence-electron chi connectivity index (χ4n) is 5.73. The van der Waals surface area contributed by atoms with Crippen LogP contribution in [0.1, 0.15) is 65.5 Å². The number of hydrogen-bond donors (Lipinski definition) is 1. The van der Waals surface area contributed by atoms with Crippen LogP contribution in [0.15, 0.2) is 30.5 Å². The number of hydrogen-bond acceptors (Lipinski definition) is 4. The van der Waals surface area contributed by atoms with Crippen LogP contribution in [0.3, 0.4) is 0 Å². The van der Waals surface area contributed by atoms with Gasteiger partial charge in [0.25, 0.3) is 5.91 Å². The number of amides is 1. The molecule has 0 aliphatic carbocycles. The number of aryl methyl sites for hydroxylation is 3. The van der Waals surface area contributed by atoms with Crippen molar-refractivity contribution < 1.29 is 9.53 Å². The molecule has 5 heterocycles. The summed E-state index contributed by atoms with van der Waals surface area (Å²) in [6.07, 6.45) is 8.50. The normalized spacial score (nSPS) is 17.2. The molecule has 0 atom stereocenters. The summed E-state index contributed by atoms with van der Waals surface area (Å²) >= 11 is 0. The molecule has 0 radical (unpaired) electrons. The minimum Gasteiger partial charge on any atom is -0.497 e. The van der Waals surface area contributed by atoms with Crippen LogP contribution in [0.5, 0.6) is 5.75 Å². The van der Waals surface area contributed by atoms with Crippen LogP contribution in [0.25, 0.3) is 22.1 Å². The van der Waals surface area contributed by atoms with Crippen molar-refractivity contribution >= 4 is 28.0 Å². The van der Waals surface area contributed by atoms with Gasteiger partial charge in [-0.2, -0.15) is 0 Å². The first-order chi connectivity index (χ1) is 16.6. The number of aromatic amines is 1. The number of likely N-dealkylation sites (tertiary alicyclic amines) is 1. The van der Waals surface area contributed by atoms with Crippen LogP contribution in [-0.2, 0) is 13.0 Å². The second-order valence-corrected chi connectivity index (χ2v) is 9.70. The quantitative estimate of drug-likeness (QED) is 0.471. The summed E-state index contributed by atoms with van der Waals surface area (Å²) in [6.45, 7) is 4.41. The SMILES string of the molecule is COc1ccc2[nH]cc(C3CCN(C(=O)c4cc(C)nc5c4nc4n5CCCCC4)CC3)c2c1. The minimum absolute atomic E-state index is 0.0859. The van der Waals surface area contributed by atoms with Crippen molar-refractivity contribution in [1.29, 1.82) is 0 Å². The lowest BCUT2D eigenvalue weighted by atomic mass is 9.89. The van der Waals surface area contributed by atoms with E-state index in [0.717, 1.165) is 85.7 Å². The third kappa shape index (κ3) is 3.54. The van der Waals surface area contributed by atoms with E-state index in [9.17, 15) is 4.79 Å². The highest BCUT2D eigenvalue weighted by Gasteiger charge is 2.29. The molecular formula is C27H31N5O2. The molecule has 1 N–H and O–H groups in total. The summed E-state index contributed by atoms with van der Waals surface area (Å²) in [5, 5.41) is 1.22. The van der Waals surface area contributed by atoms with Crippen LogP contribution >= 0.6 is 0 Å². The van der Waals surface area contributed by atoms with E-state index in [1.165, 1.54) is 17.4 Å². The van der Waals surface area contributed by atoms with Crippen molar-refractivity contribution in [2.75, 3.05) is 20.2 Å². The first-order valence-electron chi connectivity index (χ1n) is 12.4. The molecule has 1 saturated heterocycles. The fraction of sp³-hybridized carbons (Fsp3) is 0.444. The molecule has 2 aliphatic rings. The Balaban J connectivity index is 1.25. The maximum Gasteiger partial charge on any atom is 0.256 e. The number of imidazole rings is 1. The Labute approximate surface area is 199 Å². The van der Waals surface area contributed by atoms with Crippen molar-refractivity contribution in [1.82, 2.24) is 24.4 Å². The second-order valence-electron chi connectivity index (χ2n) is 9.70. The molecule has 0 unspecified atom stereocenters. The highest BCUT2D eigenvalue weighted by molar-refractivity contribution is 6.04. The molecule has 1 fully saturated rings. The highest BCUT2D eigenvalue weighted by Crippen LogP contribution is 2.35. The fourth-order valence-corrected chi connectivity index (χ4v) is 5.73. The lowest BCUT2D eigenvalue weighted by Crippen LogP contribution is -2.38. The van der Waals surface area contributed by atoms with E-state index < -0.39 is 0 Å². The van der Waals surface area contributed by atoms with Crippen LogP contribution in [0.2, 0.25) is 0 Å². The minimum atomic E-state index is 0.0859. The zero-order chi connectivity index (χ0) is 23.2. The number of nitrogens with one attached hydrogen (secondary N) is 1. The van der Waals surface area contributed by atoms with E-state index in [1.54, 1.807) is 7.11 Å². The Hall–Kier alpha value is -3.35. The Kier molecular flexibility index (Phi) is 5.27. The van der Waals surface area contributed by atoms with Crippen molar-refractivity contribution in [3.63, 3.8) is 0 Å². The van der Waals surface area contributed by atoms with E-state index >= 15 is 0 Å². The Morgan fingerprint density at radius 1 is 1.09 bits per heavy atom. The smallest absolute Gasteiger partial charge is 0.256 e. The van der Waals surface area contributed by atoms with Gasteiger partial charge in [0.2, 0.25) is 0 Å². The molecule has 7 nitrogen and oxygen atoms in total. The first kappa shape index (κ1) is 21.2. The molecule has 6 rings (SSSR count). The largest absolute Gasteiger partial charge is 0.497 e. The molecule has 0 saturated carbocycles. The number of ether oxygens (including phenoxy) is 1. The van der Waals surface area contributed by atoms with E-state index in [-0.39, 0.29) is 5.91 Å². The number of H-pyrrole nitrogens is 1. The molecule has 7 heteroatoms. The number of fused-ring (bicyclic) bond motifs is 4. The number of carbonyl (C=O) groups is 1. The molecule has 1 aromatic carbocycles. The van der Waals surface area contributed by atoms with Gasteiger partial charge in [0.15, 0.2) is 5.65 Å². The van der Waals surface area contributed by atoms with E-state index in [2.05, 4.69) is 27.9 Å². The summed E-state index contributed by atoms with van der Waals surface area (Å²) in [7, 11) is 1.70. The topological polar surface area (TPSA) is 76.0 Å². The maximum atomic E-state index is 13.7. The van der Waals surface area contributed by atoms with Gasteiger partial charge in [-0.15, -0.1) is 0 Å². The number of rotatable bonds is 3. The number of piperidine rings is 1. The Bertz CT molecular complexity index is 1380. The summed E-state index contributed by atoms with van der Waals surface area (Å²) in [4.78, 5) is 28.8. The van der Waals surface area contributed by atoms with Gasteiger partial charge in [-0.1, -0.05) is 6.42 Å². The van der Waals surface area contributed by atoms with Crippen LogP contribution in [0, 0.1) is 6.92 Å². The lowest BCUT2D eigenvalue weighted by Gasteiger charge is -2.32. The number of nitrogens with zero attached hydrogens (tertiary/aromatic N) is 4. The molecule has 176 valence electrons. The van der Waals surface area contributed by atoms with Crippen LogP contribution in [0.4, 0.5) is 0 Å². The molecule has 4 aromatic rings. The average molecular weight is 458 g/mol. The monoisotopic (exact) mass is 457 g/mol. The Morgan fingerprint density at radius 2 is 1.94 bits per heavy atom. The van der Waals surface area contributed by atoms with Gasteiger partial charge in [-0.3, -0.25) is 4.79 Å². The molecule has 0 bridgehead atoms. The molecule has 1 amide bonds. The van der Waals surface area contributed by atoms with Gasteiger partial charge in [-0.05, 0) is 68.4 Å². The maximum absolute atomic E-state index is 13.7. The number of carbonyl (C=O) groups excluding carboxylic acids is 1. The zero-order valence-electron chi connectivity index (χ0n) is 19.9. The number of pyridine rings is 1. The molecule has 3 aromatic heterocycles. The Morgan fingerprint density at radius 3 is 2.76 bits per heavy atom. The van der Waals surface area contributed by atoms with Crippen molar-refractivity contribution in [2.45, 2.75) is 57.9 Å². The summed E-state index contributed by atoms with van der Waals surface area (Å²) in [5.74, 6) is 2.46. The average Bonchev–Trinajstić information content (AvgIpc) is 3.35. The zero-order valence-corrected chi connectivity index (χ0v) is 19.9. The highest BCUT2D eigenvalue weighted by atomic mass is 16.5. The van der Waals surface area contributed by atoms with Gasteiger partial charge < -0.3 is 19.2 Å². The standard InChI is InChI=1S/C27H31N5O2/c1-17-14-21(25-26(29-17)32-11-5-3-4-6-24(32)30-25)27(33)31-12-9-18(10-13-31)22-16-28-23-8-7-19(34-2)15-20(22)23/h7-8,14-16,18,28H,3-6,9-13H2,1-2H3. The number of benzene rings is 1. The number of methoxy groups -OCH3 is 1. The van der Waals surface area contributed by atoms with E-state index in [4.69, 9.17) is 14.7 Å². The van der Waals surface area contributed by atoms with Gasteiger partial charge in [0, 0.05) is 48.8 Å². The van der Waals surface area contributed by atoms with Crippen LogP contribution < -0.4 is 4.74 Å². The summed E-state index contributed by atoms with van der Waals surface area (Å²) in [5.41, 5.74) is 5.69. The molecule has 0 spiro atoms. The summed E-state index contributed by atoms with van der Waals surface area (Å²) in [6, 6.07) is 8.09. The molecular weight excluding hydrogens is 426 g/mol. The summed E-state index contributed by atoms with van der Waals surface area (Å²) < 4.78 is 7.67. The van der Waals surface area contributed by atoms with Gasteiger partial charge in [0.05, 0.1) is 12.7 Å². The van der Waals surface area contributed by atoms with Gasteiger partial charge >= 0.3 is 0 Å². The predicted octanol–water partition coefficient (Wildman–Crippen LogP) is 4.98. The number of aromatic nitrogens is 4. The third-order valence-electron chi connectivity index (χ3n) is 7.57. The van der Waals surface area contributed by atoms with E-state index in [1.807, 2.05) is 24.0 Å². The van der Waals surface area contributed by atoms with Crippen molar-refractivity contribution in [3.05, 3.63) is 53.1 Å². The van der Waals surface area contributed by atoms with Gasteiger partial charge in [-0.25, -0.2) is 9.97 Å². The lowest BCUT2D eigenvalue weighted by molar-refractivity contribution is 0.0715.